The van der Waals surface area contributed by atoms with Crippen LogP contribution >= 0.6 is 11.8 Å². The molecule has 2 aromatic carbocycles. The van der Waals surface area contributed by atoms with Crippen molar-refractivity contribution in [3.8, 4) is 28.4 Å². The molecule has 246 valence electrons. The molecule has 2 atom stereocenters. The zero-order valence-electron chi connectivity index (χ0n) is 27.0. The van der Waals surface area contributed by atoms with Gasteiger partial charge in [0, 0.05) is 32.1 Å². The van der Waals surface area contributed by atoms with Crippen LogP contribution in [0, 0.1) is 0 Å². The molecule has 2 amide bonds. The minimum Gasteiger partial charge on any atom is -0.493 e. The number of hydrogen-bond acceptors (Lipinski definition) is 10. The van der Waals surface area contributed by atoms with Crippen molar-refractivity contribution >= 4 is 29.3 Å². The first-order chi connectivity index (χ1) is 21.8. The van der Waals surface area contributed by atoms with Crippen LogP contribution in [0.3, 0.4) is 0 Å². The fourth-order valence-electron chi connectivity index (χ4n) is 5.98. The molecular weight excluding hydrogens is 596 g/mol. The summed E-state index contributed by atoms with van der Waals surface area (Å²) in [5.74, 6) is 1.88. The van der Waals surface area contributed by atoms with Gasteiger partial charge in [-0.15, -0.1) is 0 Å². The summed E-state index contributed by atoms with van der Waals surface area (Å²) in [6.07, 6.45) is 4.55. The van der Waals surface area contributed by atoms with Crippen LogP contribution in [0.15, 0.2) is 29.1 Å². The molecule has 1 fully saturated rings. The average Bonchev–Trinajstić information content (AvgIpc) is 3.28. The molecule has 0 saturated carbocycles. The van der Waals surface area contributed by atoms with Crippen molar-refractivity contribution in [2.45, 2.75) is 44.7 Å². The van der Waals surface area contributed by atoms with E-state index in [4.69, 9.17) is 18.9 Å². The number of nitrogens with one attached hydrogen (secondary N) is 3. The fourth-order valence-corrected chi connectivity index (χ4v) is 6.45. The van der Waals surface area contributed by atoms with Gasteiger partial charge in [0.2, 0.25) is 23.0 Å². The van der Waals surface area contributed by atoms with Crippen molar-refractivity contribution < 1.29 is 28.5 Å². The van der Waals surface area contributed by atoms with E-state index in [2.05, 4.69) is 20.9 Å². The minimum absolute atomic E-state index is 0.140. The zero-order valence-corrected chi connectivity index (χ0v) is 27.8. The van der Waals surface area contributed by atoms with Gasteiger partial charge in [-0.2, -0.15) is 11.8 Å². The number of morpholine rings is 1. The van der Waals surface area contributed by atoms with E-state index in [0.29, 0.717) is 54.3 Å². The number of benzene rings is 1. The zero-order chi connectivity index (χ0) is 32.3. The summed E-state index contributed by atoms with van der Waals surface area (Å²) in [6, 6.07) is 6.06. The maximum atomic E-state index is 13.8. The Morgan fingerprint density at radius 3 is 2.51 bits per heavy atom. The van der Waals surface area contributed by atoms with Gasteiger partial charge in [0.15, 0.2) is 11.5 Å². The Kier molecular flexibility index (Phi) is 12.8. The van der Waals surface area contributed by atoms with E-state index < -0.39 is 12.1 Å². The molecule has 45 heavy (non-hydrogen) atoms. The molecule has 1 aliphatic heterocycles. The summed E-state index contributed by atoms with van der Waals surface area (Å²) < 4.78 is 22.6. The first-order valence-electron chi connectivity index (χ1n) is 15.4. The van der Waals surface area contributed by atoms with Gasteiger partial charge in [0.1, 0.15) is 6.04 Å². The summed E-state index contributed by atoms with van der Waals surface area (Å²) >= 11 is 1.65. The summed E-state index contributed by atoms with van der Waals surface area (Å²) in [4.78, 5) is 41.7. The van der Waals surface area contributed by atoms with E-state index in [-0.39, 0.29) is 17.2 Å². The van der Waals surface area contributed by atoms with Crippen molar-refractivity contribution in [1.82, 2.24) is 15.5 Å². The van der Waals surface area contributed by atoms with Gasteiger partial charge in [-0.05, 0) is 79.1 Å². The number of aryl methyl sites for hydroxylation is 1. The lowest BCUT2D eigenvalue weighted by molar-refractivity contribution is -0.122. The highest BCUT2D eigenvalue weighted by Crippen LogP contribution is 2.50. The normalized spacial score (nSPS) is 16.8. The molecule has 0 aromatic heterocycles. The Morgan fingerprint density at radius 1 is 1.09 bits per heavy atom. The molecule has 2 aromatic rings. The van der Waals surface area contributed by atoms with Gasteiger partial charge in [0.05, 0.1) is 46.3 Å². The van der Waals surface area contributed by atoms with Crippen molar-refractivity contribution in [2.75, 3.05) is 78.0 Å². The van der Waals surface area contributed by atoms with E-state index in [9.17, 15) is 14.4 Å². The van der Waals surface area contributed by atoms with Gasteiger partial charge in [-0.1, -0.05) is 6.07 Å². The second-order valence-electron chi connectivity index (χ2n) is 11.2. The molecule has 0 bridgehead atoms. The van der Waals surface area contributed by atoms with Crippen molar-refractivity contribution in [2.24, 2.45) is 0 Å². The molecule has 2 aliphatic rings. The molecule has 4 rings (SSSR count). The number of methoxy groups -OCH3 is 3. The Labute approximate surface area is 269 Å². The van der Waals surface area contributed by atoms with E-state index in [1.807, 2.05) is 18.4 Å². The van der Waals surface area contributed by atoms with Gasteiger partial charge < -0.3 is 34.9 Å². The lowest BCUT2D eigenvalue weighted by Crippen LogP contribution is -2.42. The van der Waals surface area contributed by atoms with Gasteiger partial charge in [-0.25, -0.2) is 0 Å². The second kappa shape index (κ2) is 16.7. The smallest absolute Gasteiger partial charge is 0.242 e. The predicted octanol–water partition coefficient (Wildman–Crippen LogP) is 3.24. The highest BCUT2D eigenvalue weighted by molar-refractivity contribution is 7.98. The maximum absolute atomic E-state index is 13.8. The Balaban J connectivity index is 1.68. The standard InChI is InChI=1S/C33H46N4O7S/c1-21(38)35-25-9-7-22-19-29(41-2)31(42-3)32(43-4)30(22)23-8-10-26(28(39)20-24(23)25)36-27(11-18-45-5)33(40)34-12-6-13-37-14-16-44-17-15-37/h8,10,19-20,25,27H,6-7,9,11-18H2,1-5H3,(H,34,40)(H,35,38)(H,36,39). The number of hydrogen-bond donors (Lipinski definition) is 3. The first kappa shape index (κ1) is 34.4. The highest BCUT2D eigenvalue weighted by Gasteiger charge is 2.30. The Hall–Kier alpha value is -3.48. The summed E-state index contributed by atoms with van der Waals surface area (Å²) in [6.45, 7) is 6.22. The number of fused-ring (bicyclic) bond motifs is 3. The predicted molar refractivity (Wildman–Crippen MR) is 178 cm³/mol. The summed E-state index contributed by atoms with van der Waals surface area (Å²) in [5, 5.41) is 9.34. The first-order valence-corrected chi connectivity index (χ1v) is 16.8. The van der Waals surface area contributed by atoms with Gasteiger partial charge >= 0.3 is 0 Å². The number of rotatable bonds is 14. The molecule has 3 N–H and O–H groups in total. The quantitative estimate of drug-likeness (QED) is 0.265. The third-order valence-electron chi connectivity index (χ3n) is 8.23. The number of carbonyl (C=O) groups is 2. The topological polar surface area (TPSA) is 127 Å². The van der Waals surface area contributed by atoms with E-state index >= 15 is 0 Å². The molecule has 1 aliphatic carbocycles. The van der Waals surface area contributed by atoms with Crippen LogP contribution in [0.1, 0.15) is 43.4 Å². The minimum atomic E-state index is -0.590. The molecular formula is C33H46N4O7S. The molecule has 1 saturated heterocycles. The van der Waals surface area contributed by atoms with Gasteiger partial charge in [0.25, 0.3) is 0 Å². The average molecular weight is 643 g/mol. The Morgan fingerprint density at radius 2 is 1.84 bits per heavy atom. The highest BCUT2D eigenvalue weighted by atomic mass is 32.2. The number of carbonyl (C=O) groups excluding carboxylic acids is 2. The van der Waals surface area contributed by atoms with E-state index in [1.54, 1.807) is 45.2 Å². The molecule has 11 nitrogen and oxygen atoms in total. The molecule has 1 heterocycles. The molecule has 2 unspecified atom stereocenters. The number of thioether (sulfide) groups is 1. The largest absolute Gasteiger partial charge is 0.493 e. The van der Waals surface area contributed by atoms with E-state index in [0.717, 1.165) is 61.7 Å². The van der Waals surface area contributed by atoms with Crippen LogP contribution in [0.4, 0.5) is 5.69 Å². The Bertz CT molecular complexity index is 1400. The molecule has 0 radical (unpaired) electrons. The van der Waals surface area contributed by atoms with Crippen molar-refractivity contribution in [3.05, 3.63) is 45.6 Å². The van der Waals surface area contributed by atoms with Crippen LogP contribution in [0.5, 0.6) is 17.2 Å². The number of anilines is 1. The molecule has 0 spiro atoms. The third kappa shape index (κ3) is 8.62. The van der Waals surface area contributed by atoms with Crippen LogP contribution in [0.25, 0.3) is 11.1 Å². The number of ether oxygens (including phenoxy) is 4. The van der Waals surface area contributed by atoms with Crippen molar-refractivity contribution in [1.29, 1.82) is 0 Å². The maximum Gasteiger partial charge on any atom is 0.242 e. The van der Waals surface area contributed by atoms with Crippen molar-refractivity contribution in [3.63, 3.8) is 0 Å². The van der Waals surface area contributed by atoms with E-state index in [1.165, 1.54) is 6.92 Å². The molecule has 12 heteroatoms. The summed E-state index contributed by atoms with van der Waals surface area (Å²) in [5.41, 5.74) is 3.15. The lowest BCUT2D eigenvalue weighted by Gasteiger charge is -2.26. The van der Waals surface area contributed by atoms with Gasteiger partial charge in [-0.3, -0.25) is 19.3 Å². The summed E-state index contributed by atoms with van der Waals surface area (Å²) in [7, 11) is 4.69. The van der Waals surface area contributed by atoms with Crippen LogP contribution < -0.4 is 35.6 Å². The fraction of sp³-hybridized carbons (Fsp3) is 0.545. The van der Waals surface area contributed by atoms with Crippen LogP contribution in [0.2, 0.25) is 0 Å². The monoisotopic (exact) mass is 642 g/mol. The second-order valence-corrected chi connectivity index (χ2v) is 12.2. The third-order valence-corrected chi connectivity index (χ3v) is 8.87. The lowest BCUT2D eigenvalue weighted by atomic mass is 9.95. The number of nitrogens with zero attached hydrogens (tertiary/aromatic N) is 1. The number of amides is 2. The van der Waals surface area contributed by atoms with Crippen LogP contribution in [-0.4, -0.2) is 95.5 Å². The SMILES string of the molecule is COc1cc2c(c(OC)c1OC)-c1ccc(NC(CCSC)C(=O)NCCCN3CCOCC3)c(=O)cc1C(NC(C)=O)CC2. The van der Waals surface area contributed by atoms with Crippen LogP contribution in [-0.2, 0) is 20.7 Å².